The summed E-state index contributed by atoms with van der Waals surface area (Å²) in [6.45, 7) is 0. The van der Waals surface area contributed by atoms with E-state index in [0.717, 1.165) is 6.20 Å². The van der Waals surface area contributed by atoms with Crippen LogP contribution in [0.2, 0.25) is 0 Å². The van der Waals surface area contributed by atoms with Gasteiger partial charge in [-0.3, -0.25) is 4.98 Å². The van der Waals surface area contributed by atoms with Gasteiger partial charge in [0.25, 0.3) is 0 Å². The molecule has 0 amide bonds. The summed E-state index contributed by atoms with van der Waals surface area (Å²) < 4.78 is 31.5. The lowest BCUT2D eigenvalue weighted by Gasteiger charge is -2.06. The fourth-order valence-electron chi connectivity index (χ4n) is 1.45. The molecule has 1 heterocycles. The molecule has 0 atom stereocenters. The minimum atomic E-state index is -0.491. The lowest BCUT2D eigenvalue weighted by molar-refractivity contribution is 0.411. The summed E-state index contributed by atoms with van der Waals surface area (Å²) in [5.74, 6) is -0.605. The zero-order valence-corrected chi connectivity index (χ0v) is 8.58. The minimum absolute atomic E-state index is 0.299. The summed E-state index contributed by atoms with van der Waals surface area (Å²) in [5, 5.41) is 0. The van der Waals surface area contributed by atoms with Gasteiger partial charge in [-0.2, -0.15) is 0 Å². The number of rotatable bonds is 2. The largest absolute Gasteiger partial charge is 0.497 e. The van der Waals surface area contributed by atoms with Crippen molar-refractivity contribution in [3.8, 4) is 16.9 Å². The van der Waals surface area contributed by atoms with Crippen LogP contribution in [0.5, 0.6) is 5.75 Å². The fraction of sp³-hybridized carbons (Fsp3) is 0.0833. The SMILES string of the molecule is COc1cc(F)cc(-c2ccncc2F)c1. The van der Waals surface area contributed by atoms with Crippen LogP contribution in [0.4, 0.5) is 8.78 Å². The van der Waals surface area contributed by atoms with Crippen molar-refractivity contribution in [3.63, 3.8) is 0 Å². The smallest absolute Gasteiger partial charge is 0.149 e. The van der Waals surface area contributed by atoms with E-state index in [2.05, 4.69) is 4.98 Å². The van der Waals surface area contributed by atoms with E-state index >= 15 is 0 Å². The maximum absolute atomic E-state index is 13.4. The topological polar surface area (TPSA) is 22.1 Å². The summed E-state index contributed by atoms with van der Waals surface area (Å²) in [6.07, 6.45) is 2.54. The summed E-state index contributed by atoms with van der Waals surface area (Å²) >= 11 is 0. The van der Waals surface area contributed by atoms with Crippen LogP contribution in [-0.4, -0.2) is 12.1 Å². The van der Waals surface area contributed by atoms with E-state index in [0.29, 0.717) is 16.9 Å². The number of aromatic nitrogens is 1. The van der Waals surface area contributed by atoms with Crippen molar-refractivity contribution in [1.82, 2.24) is 4.98 Å². The van der Waals surface area contributed by atoms with Crippen molar-refractivity contribution < 1.29 is 13.5 Å². The number of benzene rings is 1. The third-order valence-corrected chi connectivity index (χ3v) is 2.19. The molecule has 0 saturated heterocycles. The maximum atomic E-state index is 13.4. The zero-order valence-electron chi connectivity index (χ0n) is 8.58. The first-order valence-electron chi connectivity index (χ1n) is 4.65. The van der Waals surface area contributed by atoms with Crippen LogP contribution in [0.15, 0.2) is 36.7 Å². The molecule has 0 spiro atoms. The first-order valence-corrected chi connectivity index (χ1v) is 4.65. The van der Waals surface area contributed by atoms with Gasteiger partial charge >= 0.3 is 0 Å². The fourth-order valence-corrected chi connectivity index (χ4v) is 1.45. The highest BCUT2D eigenvalue weighted by molar-refractivity contribution is 5.65. The van der Waals surface area contributed by atoms with Gasteiger partial charge in [-0.1, -0.05) is 0 Å². The standard InChI is InChI=1S/C12H9F2NO/c1-16-10-5-8(4-9(13)6-10)11-2-3-15-7-12(11)14/h2-7H,1H3. The van der Waals surface area contributed by atoms with Crippen LogP contribution >= 0.6 is 0 Å². The zero-order chi connectivity index (χ0) is 11.5. The molecule has 16 heavy (non-hydrogen) atoms. The number of ether oxygens (including phenoxy) is 1. The average molecular weight is 221 g/mol. The third-order valence-electron chi connectivity index (χ3n) is 2.19. The maximum Gasteiger partial charge on any atom is 0.149 e. The number of hydrogen-bond donors (Lipinski definition) is 0. The number of nitrogens with zero attached hydrogens (tertiary/aromatic N) is 1. The molecular weight excluding hydrogens is 212 g/mol. The Balaban J connectivity index is 2.56. The van der Waals surface area contributed by atoms with Crippen LogP contribution < -0.4 is 4.74 Å². The molecular formula is C12H9F2NO. The molecule has 0 N–H and O–H groups in total. The quantitative estimate of drug-likeness (QED) is 0.777. The average Bonchev–Trinajstić information content (AvgIpc) is 2.28. The van der Waals surface area contributed by atoms with Gasteiger partial charge in [0.05, 0.1) is 13.3 Å². The second kappa shape index (κ2) is 4.26. The van der Waals surface area contributed by atoms with Crippen molar-refractivity contribution >= 4 is 0 Å². The summed E-state index contributed by atoms with van der Waals surface area (Å²) in [6, 6.07) is 5.55. The molecule has 4 heteroatoms. The molecule has 0 fully saturated rings. The van der Waals surface area contributed by atoms with E-state index in [-0.39, 0.29) is 0 Å². The van der Waals surface area contributed by atoms with Gasteiger partial charge in [0, 0.05) is 17.8 Å². The van der Waals surface area contributed by atoms with Crippen LogP contribution in [-0.2, 0) is 0 Å². The second-order valence-electron chi connectivity index (χ2n) is 3.24. The molecule has 2 nitrogen and oxygen atoms in total. The van der Waals surface area contributed by atoms with Gasteiger partial charge in [-0.25, -0.2) is 8.78 Å². The first kappa shape index (κ1) is 10.5. The third kappa shape index (κ3) is 2.00. The molecule has 0 aliphatic rings. The summed E-state index contributed by atoms with van der Waals surface area (Å²) in [5.41, 5.74) is 0.726. The Morgan fingerprint density at radius 1 is 1.19 bits per heavy atom. The number of halogens is 2. The normalized spacial score (nSPS) is 10.2. The Morgan fingerprint density at radius 3 is 2.69 bits per heavy atom. The van der Waals surface area contributed by atoms with Gasteiger partial charge in [-0.15, -0.1) is 0 Å². The molecule has 0 bridgehead atoms. The van der Waals surface area contributed by atoms with Gasteiger partial charge < -0.3 is 4.74 Å². The van der Waals surface area contributed by atoms with Gasteiger partial charge in [0.15, 0.2) is 0 Å². The molecule has 0 radical (unpaired) electrons. The highest BCUT2D eigenvalue weighted by Gasteiger charge is 2.07. The van der Waals surface area contributed by atoms with E-state index in [9.17, 15) is 8.78 Å². The molecule has 0 saturated carbocycles. The highest BCUT2D eigenvalue weighted by Crippen LogP contribution is 2.26. The molecule has 82 valence electrons. The van der Waals surface area contributed by atoms with E-state index in [1.54, 1.807) is 6.07 Å². The molecule has 0 aliphatic heterocycles. The molecule has 2 rings (SSSR count). The van der Waals surface area contributed by atoms with E-state index in [1.807, 2.05) is 0 Å². The number of hydrogen-bond acceptors (Lipinski definition) is 2. The molecule has 0 unspecified atom stereocenters. The summed E-state index contributed by atoms with van der Waals surface area (Å²) in [4.78, 5) is 3.64. The van der Waals surface area contributed by atoms with Gasteiger partial charge in [-0.05, 0) is 23.8 Å². The van der Waals surface area contributed by atoms with Crippen LogP contribution in [0.25, 0.3) is 11.1 Å². The summed E-state index contributed by atoms with van der Waals surface area (Å²) in [7, 11) is 1.43. The Bertz CT molecular complexity index is 514. The monoisotopic (exact) mass is 221 g/mol. The van der Waals surface area contributed by atoms with Crippen molar-refractivity contribution in [2.75, 3.05) is 7.11 Å². The Hall–Kier alpha value is -1.97. The Kier molecular flexibility index (Phi) is 2.81. The van der Waals surface area contributed by atoms with Crippen LogP contribution in [0, 0.1) is 11.6 Å². The minimum Gasteiger partial charge on any atom is -0.497 e. The molecule has 2 aromatic rings. The van der Waals surface area contributed by atoms with Crippen LogP contribution in [0.3, 0.4) is 0 Å². The van der Waals surface area contributed by atoms with E-state index in [4.69, 9.17) is 4.74 Å². The van der Waals surface area contributed by atoms with Crippen molar-refractivity contribution in [2.24, 2.45) is 0 Å². The number of methoxy groups -OCH3 is 1. The number of pyridine rings is 1. The molecule has 1 aromatic heterocycles. The second-order valence-corrected chi connectivity index (χ2v) is 3.24. The van der Waals surface area contributed by atoms with Crippen molar-refractivity contribution in [2.45, 2.75) is 0 Å². The highest BCUT2D eigenvalue weighted by atomic mass is 19.1. The Morgan fingerprint density at radius 2 is 2.00 bits per heavy atom. The van der Waals surface area contributed by atoms with Crippen molar-refractivity contribution in [1.29, 1.82) is 0 Å². The van der Waals surface area contributed by atoms with Gasteiger partial charge in [0.2, 0.25) is 0 Å². The van der Waals surface area contributed by atoms with E-state index < -0.39 is 11.6 Å². The Labute approximate surface area is 91.5 Å². The lowest BCUT2D eigenvalue weighted by atomic mass is 10.1. The predicted molar refractivity (Wildman–Crippen MR) is 56.1 cm³/mol. The predicted octanol–water partition coefficient (Wildman–Crippen LogP) is 3.04. The molecule has 0 aliphatic carbocycles. The molecule has 1 aromatic carbocycles. The first-order chi connectivity index (χ1) is 7.70. The lowest BCUT2D eigenvalue weighted by Crippen LogP contribution is -1.89. The van der Waals surface area contributed by atoms with E-state index in [1.165, 1.54) is 31.5 Å². The van der Waals surface area contributed by atoms with Crippen LogP contribution in [0.1, 0.15) is 0 Å². The van der Waals surface area contributed by atoms with Gasteiger partial charge in [0.1, 0.15) is 17.4 Å². The van der Waals surface area contributed by atoms with Crippen molar-refractivity contribution in [3.05, 3.63) is 48.3 Å².